The molecule has 3 unspecified atom stereocenters. The molecular formula is C11H20N4O2. The van der Waals surface area contributed by atoms with Crippen molar-refractivity contribution in [2.45, 2.75) is 39.0 Å². The Morgan fingerprint density at radius 1 is 1.41 bits per heavy atom. The Morgan fingerprint density at radius 3 is 2.88 bits per heavy atom. The van der Waals surface area contributed by atoms with Crippen LogP contribution in [0, 0.1) is 0 Å². The first-order valence-electron chi connectivity index (χ1n) is 6.00. The molecule has 0 radical (unpaired) electrons. The van der Waals surface area contributed by atoms with Gasteiger partial charge in [-0.15, -0.1) is 5.10 Å². The second kappa shape index (κ2) is 5.01. The topological polar surface area (TPSA) is 63.4 Å². The molecular weight excluding hydrogens is 220 g/mol. The highest BCUT2D eigenvalue weighted by molar-refractivity contribution is 5.27. The van der Waals surface area contributed by atoms with Gasteiger partial charge in [0.1, 0.15) is 0 Å². The lowest BCUT2D eigenvalue weighted by atomic mass is 10.2. The average molecular weight is 240 g/mol. The van der Waals surface area contributed by atoms with Crippen LogP contribution in [0.5, 0.6) is 0 Å². The number of nitrogens with one attached hydrogen (secondary N) is 1. The Balaban J connectivity index is 2.13. The number of morpholine rings is 1. The predicted octanol–water partition coefficient (Wildman–Crippen LogP) is 0.964. The van der Waals surface area contributed by atoms with Gasteiger partial charge >= 0.3 is 6.01 Å². The Morgan fingerprint density at radius 2 is 2.18 bits per heavy atom. The monoisotopic (exact) mass is 240 g/mol. The standard InChI is InChI=1S/C11H20N4O2/c1-7-6-16-8(2)5-15(7)11-14-13-10(17-11)9(3)12-4/h7-9,12H,5-6H2,1-4H3. The number of nitrogens with zero attached hydrogens (tertiary/aromatic N) is 3. The van der Waals surface area contributed by atoms with Crippen LogP contribution in [0.15, 0.2) is 4.42 Å². The number of ether oxygens (including phenoxy) is 1. The third-order valence-corrected chi connectivity index (χ3v) is 3.09. The highest BCUT2D eigenvalue weighted by Crippen LogP contribution is 2.22. The van der Waals surface area contributed by atoms with Crippen LogP contribution >= 0.6 is 0 Å². The summed E-state index contributed by atoms with van der Waals surface area (Å²) < 4.78 is 11.3. The number of hydrogen-bond acceptors (Lipinski definition) is 6. The van der Waals surface area contributed by atoms with E-state index < -0.39 is 0 Å². The van der Waals surface area contributed by atoms with Gasteiger partial charge < -0.3 is 19.4 Å². The molecule has 3 atom stereocenters. The van der Waals surface area contributed by atoms with E-state index in [-0.39, 0.29) is 18.2 Å². The van der Waals surface area contributed by atoms with Crippen molar-refractivity contribution in [1.82, 2.24) is 15.5 Å². The SMILES string of the molecule is CNC(C)c1nnc(N2CC(C)OCC2C)o1. The normalized spacial score (nSPS) is 27.2. The van der Waals surface area contributed by atoms with Gasteiger partial charge in [0.15, 0.2) is 0 Å². The maximum atomic E-state index is 5.68. The molecule has 0 aliphatic carbocycles. The van der Waals surface area contributed by atoms with Gasteiger partial charge in [0.2, 0.25) is 5.89 Å². The van der Waals surface area contributed by atoms with Gasteiger partial charge in [0.25, 0.3) is 0 Å². The second-order valence-electron chi connectivity index (χ2n) is 4.58. The van der Waals surface area contributed by atoms with Crippen molar-refractivity contribution >= 4 is 6.01 Å². The maximum Gasteiger partial charge on any atom is 0.318 e. The van der Waals surface area contributed by atoms with E-state index in [0.29, 0.717) is 18.5 Å². The van der Waals surface area contributed by atoms with Gasteiger partial charge in [-0.2, -0.15) is 0 Å². The van der Waals surface area contributed by atoms with Gasteiger partial charge in [-0.05, 0) is 27.8 Å². The molecule has 1 fully saturated rings. The van der Waals surface area contributed by atoms with Crippen LogP contribution in [0.25, 0.3) is 0 Å². The van der Waals surface area contributed by atoms with Crippen LogP contribution in [0.2, 0.25) is 0 Å². The summed E-state index contributed by atoms with van der Waals surface area (Å²) in [6.45, 7) is 7.61. The van der Waals surface area contributed by atoms with Gasteiger partial charge in [0, 0.05) is 6.54 Å². The van der Waals surface area contributed by atoms with Gasteiger partial charge in [-0.25, -0.2) is 0 Å². The predicted molar refractivity (Wildman–Crippen MR) is 64.0 cm³/mol. The zero-order valence-corrected chi connectivity index (χ0v) is 10.8. The maximum absolute atomic E-state index is 5.68. The molecule has 0 amide bonds. The van der Waals surface area contributed by atoms with Gasteiger partial charge in [-0.1, -0.05) is 5.10 Å². The third-order valence-electron chi connectivity index (χ3n) is 3.09. The van der Waals surface area contributed by atoms with Gasteiger partial charge in [-0.3, -0.25) is 0 Å². The summed E-state index contributed by atoms with van der Waals surface area (Å²) in [5.74, 6) is 0.619. The molecule has 17 heavy (non-hydrogen) atoms. The molecule has 0 aromatic carbocycles. The van der Waals surface area contributed by atoms with E-state index >= 15 is 0 Å². The molecule has 1 saturated heterocycles. The molecule has 0 saturated carbocycles. The minimum Gasteiger partial charge on any atom is -0.406 e. The minimum absolute atomic E-state index is 0.0741. The molecule has 6 heteroatoms. The van der Waals surface area contributed by atoms with E-state index in [1.54, 1.807) is 0 Å². The Kier molecular flexibility index (Phi) is 3.63. The Labute approximate surface area is 101 Å². The molecule has 0 bridgehead atoms. The van der Waals surface area contributed by atoms with Crippen LogP contribution in [0.3, 0.4) is 0 Å². The fourth-order valence-electron chi connectivity index (χ4n) is 1.81. The molecule has 1 aliphatic heterocycles. The fraction of sp³-hybridized carbons (Fsp3) is 0.818. The van der Waals surface area contributed by atoms with Crippen molar-refractivity contribution in [2.24, 2.45) is 0 Å². The molecule has 6 nitrogen and oxygen atoms in total. The van der Waals surface area contributed by atoms with E-state index in [1.807, 2.05) is 20.9 Å². The highest BCUT2D eigenvalue weighted by Gasteiger charge is 2.27. The van der Waals surface area contributed by atoms with Crippen molar-refractivity contribution in [3.05, 3.63) is 5.89 Å². The van der Waals surface area contributed by atoms with E-state index in [0.717, 1.165) is 6.54 Å². The highest BCUT2D eigenvalue weighted by atomic mass is 16.5. The molecule has 1 N–H and O–H groups in total. The van der Waals surface area contributed by atoms with Crippen LogP contribution in [-0.2, 0) is 4.74 Å². The van der Waals surface area contributed by atoms with E-state index in [2.05, 4.69) is 27.3 Å². The zero-order chi connectivity index (χ0) is 12.4. The van der Waals surface area contributed by atoms with Crippen molar-refractivity contribution in [1.29, 1.82) is 0 Å². The third kappa shape index (κ3) is 2.58. The minimum atomic E-state index is 0.0741. The summed E-state index contributed by atoms with van der Waals surface area (Å²) in [5.41, 5.74) is 0. The summed E-state index contributed by atoms with van der Waals surface area (Å²) in [6, 6.07) is 0.930. The number of anilines is 1. The second-order valence-corrected chi connectivity index (χ2v) is 4.58. The van der Waals surface area contributed by atoms with Crippen molar-refractivity contribution < 1.29 is 9.15 Å². The van der Waals surface area contributed by atoms with Crippen molar-refractivity contribution in [3.8, 4) is 0 Å². The lowest BCUT2D eigenvalue weighted by Crippen LogP contribution is -2.47. The first kappa shape index (κ1) is 12.3. The van der Waals surface area contributed by atoms with E-state index in [4.69, 9.17) is 9.15 Å². The molecule has 1 aromatic heterocycles. The average Bonchev–Trinajstić information content (AvgIpc) is 2.80. The molecule has 1 aromatic rings. The summed E-state index contributed by atoms with van der Waals surface area (Å²) in [5, 5.41) is 11.2. The molecule has 2 heterocycles. The summed E-state index contributed by atoms with van der Waals surface area (Å²) in [4.78, 5) is 2.10. The molecule has 2 rings (SSSR count). The quantitative estimate of drug-likeness (QED) is 0.849. The Hall–Kier alpha value is -1.14. The summed E-state index contributed by atoms with van der Waals surface area (Å²) in [6.07, 6.45) is 0.197. The van der Waals surface area contributed by atoms with Crippen LogP contribution in [0.4, 0.5) is 6.01 Å². The summed E-state index contributed by atoms with van der Waals surface area (Å²) in [7, 11) is 1.87. The number of rotatable bonds is 3. The lowest BCUT2D eigenvalue weighted by molar-refractivity contribution is 0.0321. The van der Waals surface area contributed by atoms with E-state index in [1.165, 1.54) is 0 Å². The van der Waals surface area contributed by atoms with Gasteiger partial charge in [0.05, 0.1) is 24.8 Å². The van der Waals surface area contributed by atoms with Crippen molar-refractivity contribution in [3.63, 3.8) is 0 Å². The smallest absolute Gasteiger partial charge is 0.318 e. The molecule has 1 aliphatic rings. The van der Waals surface area contributed by atoms with E-state index in [9.17, 15) is 0 Å². The molecule has 96 valence electrons. The van der Waals surface area contributed by atoms with Crippen LogP contribution in [-0.4, -0.2) is 42.5 Å². The van der Waals surface area contributed by atoms with Crippen LogP contribution in [0.1, 0.15) is 32.7 Å². The van der Waals surface area contributed by atoms with Crippen molar-refractivity contribution in [2.75, 3.05) is 25.1 Å². The Bertz CT molecular complexity index is 368. The largest absolute Gasteiger partial charge is 0.406 e. The summed E-state index contributed by atoms with van der Waals surface area (Å²) >= 11 is 0. The zero-order valence-electron chi connectivity index (χ0n) is 10.8. The number of hydrogen-bond donors (Lipinski definition) is 1. The number of aromatic nitrogens is 2. The van der Waals surface area contributed by atoms with Crippen LogP contribution < -0.4 is 10.2 Å². The molecule has 0 spiro atoms. The lowest BCUT2D eigenvalue weighted by Gasteiger charge is -2.35. The first-order chi connectivity index (χ1) is 8.11. The first-order valence-corrected chi connectivity index (χ1v) is 6.00. The fourth-order valence-corrected chi connectivity index (χ4v) is 1.81.